The van der Waals surface area contributed by atoms with Gasteiger partial charge in [0.2, 0.25) is 0 Å². The van der Waals surface area contributed by atoms with Gasteiger partial charge in [0.25, 0.3) is 5.91 Å². The molecular weight excluding hydrogens is 290 g/mol. The molecule has 122 valence electrons. The summed E-state index contributed by atoms with van der Waals surface area (Å²) < 4.78 is 0. The third kappa shape index (κ3) is 3.35. The van der Waals surface area contributed by atoms with Crippen molar-refractivity contribution in [3.05, 3.63) is 41.1 Å². The quantitative estimate of drug-likeness (QED) is 0.798. The number of benzene rings is 1. The van der Waals surface area contributed by atoms with E-state index >= 15 is 0 Å². The summed E-state index contributed by atoms with van der Waals surface area (Å²) in [6, 6.07) is 7.96. The Kier molecular flexibility index (Phi) is 4.59. The Morgan fingerprint density at radius 1 is 1.30 bits per heavy atom. The van der Waals surface area contributed by atoms with Crippen molar-refractivity contribution in [2.45, 2.75) is 13.8 Å². The average Bonchev–Trinajstić information content (AvgIpc) is 3.00. The van der Waals surface area contributed by atoms with E-state index in [4.69, 9.17) is 0 Å². The summed E-state index contributed by atoms with van der Waals surface area (Å²) in [7, 11) is 0. The Hall–Kier alpha value is -1.98. The number of nitrogens with zero attached hydrogens (tertiary/aromatic N) is 1. The van der Waals surface area contributed by atoms with Crippen LogP contribution < -0.4 is 10.6 Å². The van der Waals surface area contributed by atoms with Crippen LogP contribution in [0.5, 0.6) is 0 Å². The average molecular weight is 313 g/mol. The molecule has 1 amide bonds. The molecule has 3 rings (SSSR count). The zero-order valence-electron chi connectivity index (χ0n) is 13.6. The van der Waals surface area contributed by atoms with Crippen LogP contribution in [0, 0.1) is 25.7 Å². The number of hydrogen-bond donors (Lipinski definition) is 3. The number of aromatic nitrogens is 1. The lowest BCUT2D eigenvalue weighted by molar-refractivity contribution is 0.0939. The van der Waals surface area contributed by atoms with E-state index in [1.807, 2.05) is 38.1 Å². The van der Waals surface area contributed by atoms with Crippen molar-refractivity contribution >= 4 is 16.8 Å². The molecule has 0 spiro atoms. The highest BCUT2D eigenvalue weighted by molar-refractivity contribution is 5.98. The minimum Gasteiger partial charge on any atom is -0.396 e. The first-order valence-electron chi connectivity index (χ1n) is 8.06. The number of pyridine rings is 1. The highest BCUT2D eigenvalue weighted by Crippen LogP contribution is 2.19. The van der Waals surface area contributed by atoms with Gasteiger partial charge in [0, 0.05) is 37.5 Å². The van der Waals surface area contributed by atoms with Crippen LogP contribution in [-0.2, 0) is 0 Å². The number of carbonyl (C=O) groups excluding carboxylic acids is 1. The van der Waals surface area contributed by atoms with Crippen LogP contribution in [0.2, 0.25) is 0 Å². The van der Waals surface area contributed by atoms with Gasteiger partial charge in [0.1, 0.15) is 0 Å². The topological polar surface area (TPSA) is 74.2 Å². The van der Waals surface area contributed by atoms with E-state index in [1.54, 1.807) is 0 Å². The molecule has 1 aliphatic heterocycles. The van der Waals surface area contributed by atoms with Crippen molar-refractivity contribution in [3.63, 3.8) is 0 Å². The molecule has 2 heterocycles. The van der Waals surface area contributed by atoms with Gasteiger partial charge in [-0.15, -0.1) is 0 Å². The number of rotatable bonds is 4. The number of aryl methyl sites for hydroxylation is 2. The minimum absolute atomic E-state index is 0.0954. The summed E-state index contributed by atoms with van der Waals surface area (Å²) in [6.07, 6.45) is 0. The Balaban J connectivity index is 1.76. The molecule has 3 N–H and O–H groups in total. The molecule has 1 aromatic heterocycles. The predicted octanol–water partition coefficient (Wildman–Crippen LogP) is 1.41. The summed E-state index contributed by atoms with van der Waals surface area (Å²) in [4.78, 5) is 17.0. The fraction of sp³-hybridized carbons (Fsp3) is 0.444. The SMILES string of the molecule is Cc1ccc2nc(C)c(C(=O)NC[C@H]3CNC[C@@H]3CO)cc2c1. The van der Waals surface area contributed by atoms with Crippen LogP contribution in [0.25, 0.3) is 10.9 Å². The number of amides is 1. The van der Waals surface area contributed by atoms with Crippen LogP contribution in [0.4, 0.5) is 0 Å². The maximum atomic E-state index is 12.5. The number of hydrogen-bond acceptors (Lipinski definition) is 4. The monoisotopic (exact) mass is 313 g/mol. The van der Waals surface area contributed by atoms with Gasteiger partial charge in [-0.25, -0.2) is 0 Å². The molecule has 0 saturated carbocycles. The number of nitrogens with one attached hydrogen (secondary N) is 2. The molecule has 2 aromatic rings. The van der Waals surface area contributed by atoms with E-state index in [0.717, 1.165) is 35.2 Å². The second-order valence-corrected chi connectivity index (χ2v) is 6.39. The molecule has 1 aliphatic rings. The molecule has 2 atom stereocenters. The molecule has 5 heteroatoms. The van der Waals surface area contributed by atoms with Crippen LogP contribution in [0.3, 0.4) is 0 Å². The lowest BCUT2D eigenvalue weighted by atomic mass is 9.97. The molecule has 0 bridgehead atoms. The normalized spacial score (nSPS) is 20.8. The summed E-state index contributed by atoms with van der Waals surface area (Å²) in [5.74, 6) is 0.399. The second-order valence-electron chi connectivity index (χ2n) is 6.39. The van der Waals surface area contributed by atoms with Gasteiger partial charge in [-0.2, -0.15) is 0 Å². The molecule has 1 saturated heterocycles. The molecular formula is C18H23N3O2. The van der Waals surface area contributed by atoms with Crippen molar-refractivity contribution in [2.24, 2.45) is 11.8 Å². The van der Waals surface area contributed by atoms with Gasteiger partial charge < -0.3 is 15.7 Å². The molecule has 0 aliphatic carbocycles. The second kappa shape index (κ2) is 6.64. The predicted molar refractivity (Wildman–Crippen MR) is 90.5 cm³/mol. The Labute approximate surface area is 136 Å². The molecule has 1 fully saturated rings. The van der Waals surface area contributed by atoms with E-state index in [2.05, 4.69) is 15.6 Å². The highest BCUT2D eigenvalue weighted by Gasteiger charge is 2.26. The van der Waals surface area contributed by atoms with Gasteiger partial charge in [0.15, 0.2) is 0 Å². The van der Waals surface area contributed by atoms with Crippen molar-refractivity contribution in [1.29, 1.82) is 0 Å². The van der Waals surface area contributed by atoms with Gasteiger partial charge in [-0.3, -0.25) is 9.78 Å². The molecule has 0 unspecified atom stereocenters. The maximum absolute atomic E-state index is 12.5. The highest BCUT2D eigenvalue weighted by atomic mass is 16.3. The van der Waals surface area contributed by atoms with E-state index in [-0.39, 0.29) is 24.3 Å². The lowest BCUT2D eigenvalue weighted by Crippen LogP contribution is -2.33. The Morgan fingerprint density at radius 2 is 2.09 bits per heavy atom. The zero-order chi connectivity index (χ0) is 16.4. The molecule has 23 heavy (non-hydrogen) atoms. The number of fused-ring (bicyclic) bond motifs is 1. The first kappa shape index (κ1) is 15.9. The third-order valence-corrected chi connectivity index (χ3v) is 4.64. The van der Waals surface area contributed by atoms with Gasteiger partial charge in [0.05, 0.1) is 16.8 Å². The number of carbonyl (C=O) groups is 1. The first-order valence-corrected chi connectivity index (χ1v) is 8.06. The summed E-state index contributed by atoms with van der Waals surface area (Å²) >= 11 is 0. The van der Waals surface area contributed by atoms with E-state index in [1.165, 1.54) is 0 Å². The molecule has 0 radical (unpaired) electrons. The summed E-state index contributed by atoms with van der Waals surface area (Å²) in [5, 5.41) is 16.6. The number of aliphatic hydroxyl groups excluding tert-OH is 1. The first-order chi connectivity index (χ1) is 11.1. The van der Waals surface area contributed by atoms with Gasteiger partial charge >= 0.3 is 0 Å². The standard InChI is InChI=1S/C18H23N3O2/c1-11-3-4-17-13(5-11)6-16(12(2)21-17)18(23)20-9-14-7-19-8-15(14)10-22/h3-6,14-15,19,22H,7-10H2,1-2H3,(H,20,23)/t14-,15-/m1/s1. The van der Waals surface area contributed by atoms with Gasteiger partial charge in [-0.05, 0) is 38.0 Å². The summed E-state index contributed by atoms with van der Waals surface area (Å²) in [6.45, 7) is 6.27. The fourth-order valence-corrected chi connectivity index (χ4v) is 3.18. The van der Waals surface area contributed by atoms with Crippen LogP contribution in [0.1, 0.15) is 21.6 Å². The van der Waals surface area contributed by atoms with E-state index in [9.17, 15) is 9.90 Å². The largest absolute Gasteiger partial charge is 0.396 e. The summed E-state index contributed by atoms with van der Waals surface area (Å²) in [5.41, 5.74) is 3.42. The fourth-order valence-electron chi connectivity index (χ4n) is 3.18. The lowest BCUT2D eigenvalue weighted by Gasteiger charge is -2.17. The van der Waals surface area contributed by atoms with Crippen molar-refractivity contribution in [1.82, 2.24) is 15.6 Å². The minimum atomic E-state index is -0.0954. The van der Waals surface area contributed by atoms with Crippen LogP contribution in [-0.4, -0.2) is 42.2 Å². The van der Waals surface area contributed by atoms with Crippen molar-refractivity contribution < 1.29 is 9.90 Å². The molecule has 5 nitrogen and oxygen atoms in total. The maximum Gasteiger partial charge on any atom is 0.253 e. The third-order valence-electron chi connectivity index (χ3n) is 4.64. The van der Waals surface area contributed by atoms with Crippen molar-refractivity contribution in [3.8, 4) is 0 Å². The zero-order valence-corrected chi connectivity index (χ0v) is 13.6. The Bertz CT molecular complexity index is 730. The van der Waals surface area contributed by atoms with E-state index < -0.39 is 0 Å². The van der Waals surface area contributed by atoms with Crippen LogP contribution in [0.15, 0.2) is 24.3 Å². The smallest absolute Gasteiger partial charge is 0.253 e. The van der Waals surface area contributed by atoms with Gasteiger partial charge in [-0.1, -0.05) is 11.6 Å². The van der Waals surface area contributed by atoms with Crippen LogP contribution >= 0.6 is 0 Å². The van der Waals surface area contributed by atoms with E-state index in [0.29, 0.717) is 12.1 Å². The number of aliphatic hydroxyl groups is 1. The Morgan fingerprint density at radius 3 is 2.87 bits per heavy atom. The van der Waals surface area contributed by atoms with Crippen molar-refractivity contribution in [2.75, 3.05) is 26.2 Å². The molecule has 1 aromatic carbocycles.